The summed E-state index contributed by atoms with van der Waals surface area (Å²) < 4.78 is 29.9. The molecule has 2 aliphatic heterocycles. The fourth-order valence-electron chi connectivity index (χ4n) is 4.53. The first-order chi connectivity index (χ1) is 15.2. The van der Waals surface area contributed by atoms with Gasteiger partial charge < -0.3 is 5.32 Å². The van der Waals surface area contributed by atoms with Crippen LogP contribution in [0.5, 0.6) is 0 Å². The summed E-state index contributed by atoms with van der Waals surface area (Å²) in [6, 6.07) is 5.30. The largest absolute Gasteiger partial charge is 0.310 e. The number of anilines is 1. The Morgan fingerprint density at radius 1 is 1.22 bits per heavy atom. The van der Waals surface area contributed by atoms with Crippen LogP contribution in [0.1, 0.15) is 62.0 Å². The number of hydrogen-bond donors (Lipinski definition) is 1. The number of carbonyl (C=O) groups excluding carboxylic acids is 2. The molecule has 1 N–H and O–H groups in total. The quantitative estimate of drug-likeness (QED) is 0.738. The fraction of sp³-hybridized carbons (Fsp3) is 0.522. The highest BCUT2D eigenvalue weighted by Gasteiger charge is 2.32. The minimum atomic E-state index is -3.66. The lowest BCUT2D eigenvalue weighted by molar-refractivity contribution is -0.116. The summed E-state index contributed by atoms with van der Waals surface area (Å²) in [6.45, 7) is 6.91. The van der Waals surface area contributed by atoms with Crippen LogP contribution in [-0.2, 0) is 21.2 Å². The van der Waals surface area contributed by atoms with Crippen LogP contribution in [0.25, 0.3) is 11.1 Å². The van der Waals surface area contributed by atoms with E-state index >= 15 is 0 Å². The number of sulfonamides is 1. The Balaban J connectivity index is 1.85. The van der Waals surface area contributed by atoms with Gasteiger partial charge in [-0.25, -0.2) is 8.42 Å². The second kappa shape index (κ2) is 8.78. The summed E-state index contributed by atoms with van der Waals surface area (Å²) in [5, 5.41) is 7.32. The van der Waals surface area contributed by atoms with Crippen molar-refractivity contribution in [3.63, 3.8) is 0 Å². The summed E-state index contributed by atoms with van der Waals surface area (Å²) in [4.78, 5) is 25.1. The first kappa shape index (κ1) is 22.7. The van der Waals surface area contributed by atoms with Crippen LogP contribution in [0.15, 0.2) is 23.1 Å². The predicted octanol–water partition coefficient (Wildman–Crippen LogP) is 3.60. The zero-order valence-corrected chi connectivity index (χ0v) is 19.7. The Bertz CT molecular complexity index is 1170. The molecule has 1 aromatic heterocycles. The first-order valence-corrected chi connectivity index (χ1v) is 12.7. The normalized spacial score (nSPS) is 20.0. The molecular formula is C23H30N4O4S. The molecular weight excluding hydrogens is 428 g/mol. The van der Waals surface area contributed by atoms with Gasteiger partial charge in [0.05, 0.1) is 10.6 Å². The molecule has 2 aromatic rings. The highest BCUT2D eigenvalue weighted by molar-refractivity contribution is 7.89. The van der Waals surface area contributed by atoms with E-state index in [1.807, 2.05) is 13.0 Å². The number of aryl methyl sites for hydroxylation is 2. The van der Waals surface area contributed by atoms with Crippen molar-refractivity contribution in [1.29, 1.82) is 0 Å². The Hall–Kier alpha value is -2.52. The maximum Gasteiger partial charge on any atom is 0.249 e. The van der Waals surface area contributed by atoms with E-state index in [0.717, 1.165) is 19.3 Å². The van der Waals surface area contributed by atoms with Crippen molar-refractivity contribution in [2.45, 2.75) is 64.2 Å². The standard InChI is InChI=1S/C23H30N4O4S/c1-4-6-18-22(23-24-20(28)10-11-21(29)27(23)25-18)17-9-8-16(3)19(13-17)32(30,31)26-12-5-7-15(2)14-26/h8-9,13,15H,4-7,10-12,14H2,1-3H3,(H,24,28)/t15-/m1/s1. The zero-order chi connectivity index (χ0) is 23.0. The molecule has 8 nitrogen and oxygen atoms in total. The van der Waals surface area contributed by atoms with Crippen molar-refractivity contribution < 1.29 is 18.0 Å². The van der Waals surface area contributed by atoms with Gasteiger partial charge in [-0.15, -0.1) is 0 Å². The van der Waals surface area contributed by atoms with Gasteiger partial charge >= 0.3 is 0 Å². The van der Waals surface area contributed by atoms with Crippen molar-refractivity contribution in [2.24, 2.45) is 5.92 Å². The molecule has 0 aliphatic carbocycles. The maximum absolute atomic E-state index is 13.5. The lowest BCUT2D eigenvalue weighted by Crippen LogP contribution is -2.39. The number of piperidine rings is 1. The van der Waals surface area contributed by atoms with E-state index < -0.39 is 10.0 Å². The van der Waals surface area contributed by atoms with E-state index in [-0.39, 0.29) is 29.6 Å². The Labute approximate surface area is 189 Å². The third-order valence-electron chi connectivity index (χ3n) is 6.22. The molecule has 1 atom stereocenters. The Kier molecular flexibility index (Phi) is 6.22. The number of aromatic nitrogens is 2. The topological polar surface area (TPSA) is 101 Å². The van der Waals surface area contributed by atoms with Gasteiger partial charge in [-0.05, 0) is 49.3 Å². The molecule has 1 amide bonds. The molecule has 9 heteroatoms. The SMILES string of the molecule is CCCc1nn2c(c1-c1ccc(C)c(S(=O)(=O)N3CCC[C@@H](C)C3)c1)NC(=O)CCC2=O. The molecule has 1 fully saturated rings. The van der Waals surface area contributed by atoms with Gasteiger partial charge in [0.2, 0.25) is 21.8 Å². The van der Waals surface area contributed by atoms with E-state index in [1.165, 1.54) is 4.68 Å². The molecule has 1 aromatic carbocycles. The van der Waals surface area contributed by atoms with Crippen molar-refractivity contribution in [3.05, 3.63) is 29.5 Å². The Morgan fingerprint density at radius 3 is 2.72 bits per heavy atom. The lowest BCUT2D eigenvalue weighted by Gasteiger charge is -2.30. The summed E-state index contributed by atoms with van der Waals surface area (Å²) in [6.07, 6.45) is 3.48. The van der Waals surface area contributed by atoms with E-state index in [0.29, 0.717) is 53.6 Å². The van der Waals surface area contributed by atoms with Crippen molar-refractivity contribution in [2.75, 3.05) is 18.4 Å². The van der Waals surface area contributed by atoms with Crippen LogP contribution < -0.4 is 5.32 Å². The number of amides is 1. The van der Waals surface area contributed by atoms with Gasteiger partial charge in [0.1, 0.15) is 5.82 Å². The minimum Gasteiger partial charge on any atom is -0.310 e. The zero-order valence-electron chi connectivity index (χ0n) is 18.8. The van der Waals surface area contributed by atoms with Gasteiger partial charge in [-0.3, -0.25) is 9.59 Å². The van der Waals surface area contributed by atoms with E-state index in [9.17, 15) is 18.0 Å². The van der Waals surface area contributed by atoms with E-state index in [1.54, 1.807) is 23.4 Å². The van der Waals surface area contributed by atoms with E-state index in [2.05, 4.69) is 17.3 Å². The summed E-state index contributed by atoms with van der Waals surface area (Å²) >= 11 is 0. The summed E-state index contributed by atoms with van der Waals surface area (Å²) in [5.41, 5.74) is 2.61. The molecule has 1 saturated heterocycles. The molecule has 172 valence electrons. The highest BCUT2D eigenvalue weighted by Crippen LogP contribution is 2.37. The van der Waals surface area contributed by atoms with Gasteiger partial charge in [-0.1, -0.05) is 32.4 Å². The van der Waals surface area contributed by atoms with Crippen molar-refractivity contribution >= 4 is 27.7 Å². The Morgan fingerprint density at radius 2 is 2.00 bits per heavy atom. The van der Waals surface area contributed by atoms with Gasteiger partial charge in [-0.2, -0.15) is 14.1 Å². The lowest BCUT2D eigenvalue weighted by atomic mass is 10.0. The van der Waals surface area contributed by atoms with Crippen LogP contribution in [-0.4, -0.2) is 47.4 Å². The fourth-order valence-corrected chi connectivity index (χ4v) is 6.38. The van der Waals surface area contributed by atoms with Gasteiger partial charge in [0.15, 0.2) is 0 Å². The first-order valence-electron chi connectivity index (χ1n) is 11.3. The van der Waals surface area contributed by atoms with Crippen LogP contribution in [0.3, 0.4) is 0 Å². The number of nitrogens with one attached hydrogen (secondary N) is 1. The second-order valence-electron chi connectivity index (χ2n) is 8.86. The molecule has 3 heterocycles. The average molecular weight is 459 g/mol. The van der Waals surface area contributed by atoms with E-state index in [4.69, 9.17) is 0 Å². The number of hydrogen-bond acceptors (Lipinski definition) is 5. The summed E-state index contributed by atoms with van der Waals surface area (Å²) in [5.74, 6) is 0.165. The third-order valence-corrected chi connectivity index (χ3v) is 8.23. The van der Waals surface area contributed by atoms with Crippen LogP contribution >= 0.6 is 0 Å². The number of nitrogens with zero attached hydrogens (tertiary/aromatic N) is 3. The van der Waals surface area contributed by atoms with Crippen LogP contribution in [0, 0.1) is 12.8 Å². The van der Waals surface area contributed by atoms with Crippen LogP contribution in [0.4, 0.5) is 5.82 Å². The van der Waals surface area contributed by atoms with Crippen molar-refractivity contribution in [3.8, 4) is 11.1 Å². The predicted molar refractivity (Wildman–Crippen MR) is 122 cm³/mol. The smallest absolute Gasteiger partial charge is 0.249 e. The van der Waals surface area contributed by atoms with Crippen LogP contribution in [0.2, 0.25) is 0 Å². The van der Waals surface area contributed by atoms with Crippen molar-refractivity contribution in [1.82, 2.24) is 14.1 Å². The van der Waals surface area contributed by atoms with Gasteiger partial charge in [0.25, 0.3) is 0 Å². The van der Waals surface area contributed by atoms with Gasteiger partial charge in [0, 0.05) is 31.5 Å². The maximum atomic E-state index is 13.5. The molecule has 2 aliphatic rings. The molecule has 0 spiro atoms. The molecule has 32 heavy (non-hydrogen) atoms. The number of carbonyl (C=O) groups is 2. The second-order valence-corrected chi connectivity index (χ2v) is 10.8. The molecule has 0 unspecified atom stereocenters. The molecule has 4 rings (SSSR count). The number of benzene rings is 1. The number of fused-ring (bicyclic) bond motifs is 1. The summed E-state index contributed by atoms with van der Waals surface area (Å²) in [7, 11) is -3.66. The molecule has 0 bridgehead atoms. The highest BCUT2D eigenvalue weighted by atomic mass is 32.2. The monoisotopic (exact) mass is 458 g/mol. The molecule has 0 saturated carbocycles. The minimum absolute atomic E-state index is 0.0895. The third kappa shape index (κ3) is 4.11. The average Bonchev–Trinajstić information content (AvgIpc) is 3.03. The number of rotatable bonds is 5. The molecule has 0 radical (unpaired) electrons.